The van der Waals surface area contributed by atoms with Crippen LogP contribution in [0.15, 0.2) is 40.8 Å². The Morgan fingerprint density at radius 1 is 1.17 bits per heavy atom. The van der Waals surface area contributed by atoms with Gasteiger partial charge in [-0.1, -0.05) is 6.07 Å². The summed E-state index contributed by atoms with van der Waals surface area (Å²) in [6.45, 7) is 2.16. The van der Waals surface area contributed by atoms with Crippen molar-refractivity contribution >= 4 is 5.91 Å². The predicted molar refractivity (Wildman–Crippen MR) is 124 cm³/mol. The van der Waals surface area contributed by atoms with E-state index in [0.29, 0.717) is 29.6 Å². The van der Waals surface area contributed by atoms with Gasteiger partial charge < -0.3 is 24.9 Å². The molecule has 2 saturated carbocycles. The largest absolute Gasteiger partial charge is 0.489 e. The SMILES string of the molecule is C[C@H](N)c1oc(-c2ccc(OC3CC3)c(OCC3CC3)c2)nc1C(=O)NCc1ccc(F)cc1F. The van der Waals surface area contributed by atoms with Crippen LogP contribution in [0.3, 0.4) is 0 Å². The lowest BCUT2D eigenvalue weighted by atomic mass is 10.2. The van der Waals surface area contributed by atoms with Crippen molar-refractivity contribution < 1.29 is 27.5 Å². The van der Waals surface area contributed by atoms with Crippen molar-refractivity contribution in [3.05, 3.63) is 65.1 Å². The molecule has 3 aromatic rings. The molecule has 2 aliphatic carbocycles. The number of benzene rings is 2. The molecule has 0 bridgehead atoms. The summed E-state index contributed by atoms with van der Waals surface area (Å²) in [6, 6.07) is 7.99. The van der Waals surface area contributed by atoms with Crippen LogP contribution < -0.4 is 20.5 Å². The molecule has 35 heavy (non-hydrogen) atoms. The highest BCUT2D eigenvalue weighted by Crippen LogP contribution is 2.39. The standard InChI is InChI=1S/C26H27F2N3O4/c1-14(29)24-23(25(32)30-12-17-4-6-18(27)11-20(17)28)31-26(35-24)16-5-9-21(34-19-7-8-19)22(10-16)33-13-15-2-3-15/h4-6,9-11,14-15,19H,2-3,7-8,12-13,29H2,1H3,(H,30,32)/t14-/m0/s1. The summed E-state index contributed by atoms with van der Waals surface area (Å²) in [5.74, 6) is 0.267. The number of nitrogens with one attached hydrogen (secondary N) is 1. The van der Waals surface area contributed by atoms with Crippen LogP contribution in [0.5, 0.6) is 11.5 Å². The Kier molecular flexibility index (Phi) is 6.42. The van der Waals surface area contributed by atoms with Crippen LogP contribution in [0.1, 0.15) is 60.5 Å². The fourth-order valence-corrected chi connectivity index (χ4v) is 3.56. The van der Waals surface area contributed by atoms with E-state index < -0.39 is 23.6 Å². The van der Waals surface area contributed by atoms with Crippen molar-refractivity contribution in [2.45, 2.75) is 51.3 Å². The smallest absolute Gasteiger partial charge is 0.273 e. The summed E-state index contributed by atoms with van der Waals surface area (Å²) < 4.78 is 45.0. The van der Waals surface area contributed by atoms with Gasteiger partial charge in [0, 0.05) is 23.7 Å². The third-order valence-electron chi connectivity index (χ3n) is 5.92. The lowest BCUT2D eigenvalue weighted by Crippen LogP contribution is -2.25. The minimum atomic E-state index is -0.745. The van der Waals surface area contributed by atoms with Crippen LogP contribution in [-0.4, -0.2) is 23.6 Å². The van der Waals surface area contributed by atoms with Crippen molar-refractivity contribution in [3.63, 3.8) is 0 Å². The monoisotopic (exact) mass is 483 g/mol. The van der Waals surface area contributed by atoms with E-state index in [1.807, 2.05) is 6.07 Å². The summed E-state index contributed by atoms with van der Waals surface area (Å²) in [4.78, 5) is 17.3. The van der Waals surface area contributed by atoms with Gasteiger partial charge in [-0.15, -0.1) is 0 Å². The van der Waals surface area contributed by atoms with Gasteiger partial charge in [-0.25, -0.2) is 13.8 Å². The van der Waals surface area contributed by atoms with E-state index in [1.165, 1.54) is 6.07 Å². The molecule has 1 atom stereocenters. The molecule has 3 N–H and O–H groups in total. The van der Waals surface area contributed by atoms with Crippen LogP contribution in [0.4, 0.5) is 8.78 Å². The minimum absolute atomic E-state index is 0.0104. The number of carbonyl (C=O) groups excluding carboxylic acids is 1. The van der Waals surface area contributed by atoms with Gasteiger partial charge >= 0.3 is 0 Å². The van der Waals surface area contributed by atoms with E-state index in [9.17, 15) is 13.6 Å². The Bertz CT molecular complexity index is 1240. The highest BCUT2D eigenvalue weighted by Gasteiger charge is 2.28. The molecule has 5 rings (SSSR count). The Morgan fingerprint density at radius 3 is 2.66 bits per heavy atom. The molecule has 0 aliphatic heterocycles. The average Bonchev–Trinajstić information content (AvgIpc) is 3.76. The predicted octanol–water partition coefficient (Wildman–Crippen LogP) is 4.90. The normalized spacial score (nSPS) is 16.1. The van der Waals surface area contributed by atoms with Crippen LogP contribution in [-0.2, 0) is 6.54 Å². The fraction of sp³-hybridized carbons (Fsp3) is 0.385. The van der Waals surface area contributed by atoms with Gasteiger partial charge in [-0.3, -0.25) is 4.79 Å². The molecule has 2 aromatic carbocycles. The van der Waals surface area contributed by atoms with Crippen molar-refractivity contribution in [3.8, 4) is 23.0 Å². The number of carbonyl (C=O) groups is 1. The molecule has 1 aromatic heterocycles. The third kappa shape index (κ3) is 5.62. The molecule has 1 amide bonds. The Morgan fingerprint density at radius 2 is 1.97 bits per heavy atom. The first-order valence-corrected chi connectivity index (χ1v) is 11.8. The van der Waals surface area contributed by atoms with Gasteiger partial charge in [0.2, 0.25) is 5.89 Å². The molecule has 184 valence electrons. The number of oxazole rings is 1. The van der Waals surface area contributed by atoms with Gasteiger partial charge in [-0.05, 0) is 62.8 Å². The molecule has 0 unspecified atom stereocenters. The highest BCUT2D eigenvalue weighted by molar-refractivity contribution is 5.94. The Hall–Kier alpha value is -3.46. The number of rotatable bonds is 10. The summed E-state index contributed by atoms with van der Waals surface area (Å²) >= 11 is 0. The molecule has 9 heteroatoms. The van der Waals surface area contributed by atoms with Crippen LogP contribution in [0, 0.1) is 17.6 Å². The van der Waals surface area contributed by atoms with E-state index in [-0.39, 0.29) is 35.6 Å². The zero-order valence-electron chi connectivity index (χ0n) is 19.4. The molecule has 0 saturated heterocycles. The lowest BCUT2D eigenvalue weighted by molar-refractivity contribution is 0.0943. The molecule has 7 nitrogen and oxygen atoms in total. The maximum atomic E-state index is 13.9. The highest BCUT2D eigenvalue weighted by atomic mass is 19.1. The molecule has 2 aliphatic rings. The summed E-state index contributed by atoms with van der Waals surface area (Å²) in [7, 11) is 0. The van der Waals surface area contributed by atoms with Crippen LogP contribution >= 0.6 is 0 Å². The topological polar surface area (TPSA) is 99.6 Å². The number of aromatic nitrogens is 1. The zero-order chi connectivity index (χ0) is 24.5. The molecular formula is C26H27F2N3O4. The summed E-state index contributed by atoms with van der Waals surface area (Å²) in [5.41, 5.74) is 6.81. The second-order valence-electron chi connectivity index (χ2n) is 9.17. The first-order chi connectivity index (χ1) is 16.9. The number of halogens is 2. The van der Waals surface area contributed by atoms with Gasteiger partial charge in [0.25, 0.3) is 5.91 Å². The Balaban J connectivity index is 1.38. The number of nitrogens with two attached hydrogens (primary N) is 1. The van der Waals surface area contributed by atoms with Gasteiger partial charge in [0.15, 0.2) is 23.0 Å². The van der Waals surface area contributed by atoms with Crippen molar-refractivity contribution in [1.82, 2.24) is 10.3 Å². The first-order valence-electron chi connectivity index (χ1n) is 11.8. The number of hydrogen-bond donors (Lipinski definition) is 2. The van der Waals surface area contributed by atoms with Crippen molar-refractivity contribution in [1.29, 1.82) is 0 Å². The number of hydrogen-bond acceptors (Lipinski definition) is 6. The molecule has 0 spiro atoms. The van der Waals surface area contributed by atoms with E-state index in [2.05, 4.69) is 10.3 Å². The quantitative estimate of drug-likeness (QED) is 0.426. The van der Waals surface area contributed by atoms with E-state index in [0.717, 1.165) is 37.8 Å². The number of ether oxygens (including phenoxy) is 2. The second-order valence-corrected chi connectivity index (χ2v) is 9.17. The van der Waals surface area contributed by atoms with Crippen molar-refractivity contribution in [2.75, 3.05) is 6.61 Å². The van der Waals surface area contributed by atoms with Gasteiger partial charge in [0.05, 0.1) is 18.8 Å². The molecule has 0 radical (unpaired) electrons. The molecular weight excluding hydrogens is 456 g/mol. The summed E-state index contributed by atoms with van der Waals surface area (Å²) in [6.07, 6.45) is 4.60. The van der Waals surface area contributed by atoms with E-state index in [4.69, 9.17) is 19.6 Å². The first kappa shape index (κ1) is 23.3. The van der Waals surface area contributed by atoms with E-state index >= 15 is 0 Å². The molecule has 1 heterocycles. The van der Waals surface area contributed by atoms with E-state index in [1.54, 1.807) is 19.1 Å². The number of amides is 1. The fourth-order valence-electron chi connectivity index (χ4n) is 3.56. The third-order valence-corrected chi connectivity index (χ3v) is 5.92. The summed E-state index contributed by atoms with van der Waals surface area (Å²) in [5, 5.41) is 2.60. The second kappa shape index (κ2) is 9.65. The number of nitrogens with zero attached hydrogens (tertiary/aromatic N) is 1. The minimum Gasteiger partial charge on any atom is -0.489 e. The maximum Gasteiger partial charge on any atom is 0.273 e. The zero-order valence-corrected chi connectivity index (χ0v) is 19.4. The van der Waals surface area contributed by atoms with Crippen LogP contribution in [0.2, 0.25) is 0 Å². The Labute approximate surface area is 201 Å². The maximum absolute atomic E-state index is 13.9. The molecule has 2 fully saturated rings. The lowest BCUT2D eigenvalue weighted by Gasteiger charge is -2.13. The van der Waals surface area contributed by atoms with Gasteiger partial charge in [-0.2, -0.15) is 0 Å². The van der Waals surface area contributed by atoms with Crippen molar-refractivity contribution in [2.24, 2.45) is 11.7 Å². The average molecular weight is 484 g/mol. The van der Waals surface area contributed by atoms with Gasteiger partial charge in [0.1, 0.15) is 11.6 Å². The van der Waals surface area contributed by atoms with Crippen LogP contribution in [0.25, 0.3) is 11.5 Å².